The monoisotopic (exact) mass is 627 g/mol. The minimum atomic E-state index is -1.15. The van der Waals surface area contributed by atoms with Crippen LogP contribution in [0.25, 0.3) is 0 Å². The van der Waals surface area contributed by atoms with Crippen molar-refractivity contribution in [1.29, 1.82) is 0 Å². The average molecular weight is 627 g/mol. The van der Waals surface area contributed by atoms with Gasteiger partial charge in [0.15, 0.2) is 0 Å². The predicted molar refractivity (Wildman–Crippen MR) is 191 cm³/mol. The van der Waals surface area contributed by atoms with Crippen molar-refractivity contribution in [3.63, 3.8) is 0 Å². The molecular formula is C41H70O4. The van der Waals surface area contributed by atoms with Crippen LogP contribution in [0.15, 0.2) is 47.3 Å². The average Bonchev–Trinajstić information content (AvgIpc) is 3.30. The molecule has 3 saturated carbocycles. The molecule has 0 aromatic heterocycles. The standard InChI is InChI=1S/C32H48O4.C6H14.C3H8/c1-22(2)8-5-6-9-23-12-14-28-27-13-11-24-20-26(36-19-7-10-25(33)21-30(34)35)15-17-32(24,4)29(27)16-18-31(23,28)3;1-4-5-6(2)3;1-3-2/h7,9-11,21-22,26-29,33H,5-6,8,12-20H2,1-4H3,(H,34,35);6H,4-5H2,1-3H3;3H2,1-2H3/b10-7+,23-9+,25-21-;;. The van der Waals surface area contributed by atoms with Gasteiger partial charge >= 0.3 is 5.97 Å². The van der Waals surface area contributed by atoms with Gasteiger partial charge in [-0.1, -0.05) is 117 Å². The Hall–Kier alpha value is -1.81. The molecule has 4 aliphatic rings. The van der Waals surface area contributed by atoms with E-state index in [0.717, 1.165) is 48.5 Å². The van der Waals surface area contributed by atoms with E-state index in [4.69, 9.17) is 9.84 Å². The van der Waals surface area contributed by atoms with E-state index in [1.807, 2.05) is 0 Å². The number of aliphatic carboxylic acids is 1. The lowest BCUT2D eigenvalue weighted by Gasteiger charge is -2.57. The van der Waals surface area contributed by atoms with Gasteiger partial charge in [0.2, 0.25) is 0 Å². The molecule has 0 aromatic carbocycles. The molecule has 2 N–H and O–H groups in total. The molecule has 4 rings (SSSR count). The number of carbonyl (C=O) groups is 1. The molecule has 0 amide bonds. The van der Waals surface area contributed by atoms with Crippen molar-refractivity contribution in [1.82, 2.24) is 0 Å². The van der Waals surface area contributed by atoms with E-state index in [1.165, 1.54) is 83.1 Å². The highest BCUT2D eigenvalue weighted by Crippen LogP contribution is 2.66. The summed E-state index contributed by atoms with van der Waals surface area (Å²) < 4.78 is 6.11. The fourth-order valence-corrected chi connectivity index (χ4v) is 8.87. The lowest BCUT2D eigenvalue weighted by Crippen LogP contribution is -2.49. The van der Waals surface area contributed by atoms with E-state index in [-0.39, 0.29) is 11.9 Å². The summed E-state index contributed by atoms with van der Waals surface area (Å²) in [6.07, 6.45) is 27.1. The number of aliphatic hydroxyl groups excluding tert-OH is 1. The van der Waals surface area contributed by atoms with Gasteiger partial charge in [-0.15, -0.1) is 0 Å². The summed E-state index contributed by atoms with van der Waals surface area (Å²) in [5.41, 5.74) is 4.13. The molecule has 6 atom stereocenters. The van der Waals surface area contributed by atoms with Gasteiger partial charge in [0.1, 0.15) is 5.76 Å². The van der Waals surface area contributed by atoms with Gasteiger partial charge < -0.3 is 14.9 Å². The van der Waals surface area contributed by atoms with Crippen molar-refractivity contribution in [3.05, 3.63) is 47.3 Å². The zero-order chi connectivity index (χ0) is 33.6. The largest absolute Gasteiger partial charge is 0.508 e. The molecule has 0 aromatic rings. The summed E-state index contributed by atoms with van der Waals surface area (Å²) >= 11 is 0. The normalized spacial score (nSPS) is 31.8. The Morgan fingerprint density at radius 1 is 0.978 bits per heavy atom. The second-order valence-corrected chi connectivity index (χ2v) is 15.7. The van der Waals surface area contributed by atoms with E-state index >= 15 is 0 Å². The summed E-state index contributed by atoms with van der Waals surface area (Å²) in [4.78, 5) is 10.6. The lowest BCUT2D eigenvalue weighted by atomic mass is 9.48. The number of aliphatic hydroxyl groups is 1. The number of allylic oxidation sites excluding steroid dienone is 4. The van der Waals surface area contributed by atoms with Gasteiger partial charge in [0.25, 0.3) is 0 Å². The molecule has 0 spiro atoms. The maximum absolute atomic E-state index is 10.6. The number of ether oxygens (including phenoxy) is 1. The van der Waals surface area contributed by atoms with E-state index in [9.17, 15) is 9.90 Å². The minimum absolute atomic E-state index is 0.205. The number of fused-ring (bicyclic) bond motifs is 5. The maximum atomic E-state index is 10.6. The molecule has 0 bridgehead atoms. The molecule has 0 saturated heterocycles. The molecule has 3 fully saturated rings. The minimum Gasteiger partial charge on any atom is -0.508 e. The van der Waals surface area contributed by atoms with Crippen molar-refractivity contribution < 1.29 is 19.7 Å². The van der Waals surface area contributed by atoms with Gasteiger partial charge in [-0.3, -0.25) is 0 Å². The molecule has 4 nitrogen and oxygen atoms in total. The Kier molecular flexibility index (Phi) is 16.7. The van der Waals surface area contributed by atoms with Crippen LogP contribution in [-0.2, 0) is 9.53 Å². The highest BCUT2D eigenvalue weighted by Gasteiger charge is 2.57. The van der Waals surface area contributed by atoms with Crippen LogP contribution in [0.4, 0.5) is 0 Å². The molecule has 0 heterocycles. The first-order valence-corrected chi connectivity index (χ1v) is 18.6. The Balaban J connectivity index is 0.000000691. The Bertz CT molecular complexity index is 1020. The van der Waals surface area contributed by atoms with Gasteiger partial charge in [0, 0.05) is 0 Å². The Morgan fingerprint density at radius 3 is 2.22 bits per heavy atom. The lowest BCUT2D eigenvalue weighted by molar-refractivity contribution is -0.131. The highest BCUT2D eigenvalue weighted by atomic mass is 16.5. The summed E-state index contributed by atoms with van der Waals surface area (Å²) in [5.74, 6) is 2.76. The Labute approximate surface area is 277 Å². The van der Waals surface area contributed by atoms with Crippen molar-refractivity contribution in [2.24, 2.45) is 40.4 Å². The maximum Gasteiger partial charge on any atom is 0.332 e. The highest BCUT2D eigenvalue weighted by molar-refractivity contribution is 5.80. The second kappa shape index (κ2) is 19.1. The van der Waals surface area contributed by atoms with Crippen LogP contribution in [0.2, 0.25) is 0 Å². The smallest absolute Gasteiger partial charge is 0.332 e. The third-order valence-corrected chi connectivity index (χ3v) is 11.1. The number of carboxylic acids is 1. The molecule has 45 heavy (non-hydrogen) atoms. The fourth-order valence-electron chi connectivity index (χ4n) is 8.87. The van der Waals surface area contributed by atoms with Crippen LogP contribution in [0.5, 0.6) is 0 Å². The molecule has 0 aliphatic heterocycles. The van der Waals surface area contributed by atoms with Crippen molar-refractivity contribution >= 4 is 5.97 Å². The molecular weight excluding hydrogens is 556 g/mol. The topological polar surface area (TPSA) is 66.8 Å². The predicted octanol–water partition coefficient (Wildman–Crippen LogP) is 12.0. The molecule has 6 unspecified atom stereocenters. The van der Waals surface area contributed by atoms with Crippen LogP contribution in [0, 0.1) is 40.4 Å². The van der Waals surface area contributed by atoms with Crippen LogP contribution in [0.1, 0.15) is 152 Å². The van der Waals surface area contributed by atoms with E-state index in [1.54, 1.807) is 17.2 Å². The van der Waals surface area contributed by atoms with Crippen LogP contribution >= 0.6 is 0 Å². The third-order valence-electron chi connectivity index (χ3n) is 11.1. The molecule has 4 heteroatoms. The number of unbranched alkanes of at least 4 members (excludes halogenated alkanes) is 1. The third kappa shape index (κ3) is 11.4. The molecule has 0 radical (unpaired) electrons. The Morgan fingerprint density at radius 2 is 1.62 bits per heavy atom. The van der Waals surface area contributed by atoms with Crippen LogP contribution < -0.4 is 0 Å². The number of carboxylic acid groups (broad SMARTS) is 1. The van der Waals surface area contributed by atoms with Gasteiger partial charge in [-0.25, -0.2) is 4.79 Å². The molecule has 258 valence electrons. The van der Waals surface area contributed by atoms with Crippen LogP contribution in [-0.4, -0.2) is 28.9 Å². The second-order valence-electron chi connectivity index (χ2n) is 15.7. The first-order valence-electron chi connectivity index (χ1n) is 18.6. The quantitative estimate of drug-likeness (QED) is 0.0787. The first-order chi connectivity index (χ1) is 21.3. The summed E-state index contributed by atoms with van der Waals surface area (Å²) in [6, 6.07) is 0. The number of rotatable bonds is 11. The van der Waals surface area contributed by atoms with Crippen molar-refractivity contribution in [2.75, 3.05) is 6.61 Å². The summed E-state index contributed by atoms with van der Waals surface area (Å²) in [6.45, 7) is 21.2. The van der Waals surface area contributed by atoms with E-state index in [2.05, 4.69) is 74.5 Å². The number of hydrogen-bond acceptors (Lipinski definition) is 3. The fraction of sp³-hybridized carbons (Fsp3) is 0.780. The first kappa shape index (κ1) is 39.4. The number of hydrogen-bond donors (Lipinski definition) is 2. The SMILES string of the molecule is CC(C)CCC/C=C1\CCC2C3CC=C4CC(OC/C=C/C(O)=C/C(=O)O)CCC4(C)C3CCC12C.CCC.CCCC(C)C. The van der Waals surface area contributed by atoms with E-state index in [0.29, 0.717) is 17.4 Å². The van der Waals surface area contributed by atoms with Crippen molar-refractivity contribution in [3.8, 4) is 0 Å². The summed E-state index contributed by atoms with van der Waals surface area (Å²) in [5, 5.41) is 18.2. The zero-order valence-electron chi connectivity index (χ0n) is 30.7. The van der Waals surface area contributed by atoms with E-state index < -0.39 is 5.97 Å². The molecule has 4 aliphatic carbocycles. The zero-order valence-corrected chi connectivity index (χ0v) is 30.7. The van der Waals surface area contributed by atoms with Gasteiger partial charge in [-0.05, 0) is 111 Å². The van der Waals surface area contributed by atoms with Gasteiger partial charge in [-0.2, -0.15) is 0 Å². The van der Waals surface area contributed by atoms with Crippen molar-refractivity contribution in [2.45, 2.75) is 158 Å². The summed E-state index contributed by atoms with van der Waals surface area (Å²) in [7, 11) is 0. The van der Waals surface area contributed by atoms with Gasteiger partial charge in [0.05, 0.1) is 18.8 Å². The van der Waals surface area contributed by atoms with Crippen LogP contribution in [0.3, 0.4) is 0 Å².